The van der Waals surface area contributed by atoms with Crippen molar-refractivity contribution in [3.05, 3.63) is 170 Å². The number of furan rings is 1. The predicted octanol–water partition coefficient (Wildman–Crippen LogP) is 11.5. The smallest absolute Gasteiger partial charge is 0.238 e. The summed E-state index contributed by atoms with van der Waals surface area (Å²) in [6, 6.07) is 58.6. The SMILES string of the molecule is c1ccc(-c2ccc3oc4cccc(-c5ccc6c(c5)c5ccccc5n6-c5nc(-c6ccccc6)nc(-c6ccccc6)n5)c4c3c2)cc1. The number of hydrogen-bond donors (Lipinski definition) is 0. The van der Waals surface area contributed by atoms with E-state index in [2.05, 4.69) is 108 Å². The van der Waals surface area contributed by atoms with Gasteiger partial charge in [0, 0.05) is 32.7 Å². The van der Waals surface area contributed by atoms with E-state index in [0.717, 1.165) is 71.6 Å². The van der Waals surface area contributed by atoms with E-state index in [1.807, 2.05) is 66.7 Å². The highest BCUT2D eigenvalue weighted by atomic mass is 16.3. The van der Waals surface area contributed by atoms with Crippen LogP contribution in [0.4, 0.5) is 0 Å². The molecule has 0 saturated carbocycles. The third-order valence-corrected chi connectivity index (χ3v) is 9.47. The molecule has 0 unspecified atom stereocenters. The molecule has 0 radical (unpaired) electrons. The van der Waals surface area contributed by atoms with Crippen LogP contribution in [0.1, 0.15) is 0 Å². The zero-order chi connectivity index (χ0) is 33.0. The second-order valence-electron chi connectivity index (χ2n) is 12.5. The molecule has 5 nitrogen and oxygen atoms in total. The van der Waals surface area contributed by atoms with E-state index in [1.165, 1.54) is 5.56 Å². The molecule has 0 aliphatic heterocycles. The van der Waals surface area contributed by atoms with Crippen LogP contribution >= 0.6 is 0 Å². The van der Waals surface area contributed by atoms with Gasteiger partial charge in [-0.15, -0.1) is 0 Å². The Morgan fingerprint density at radius 3 is 1.70 bits per heavy atom. The lowest BCUT2D eigenvalue weighted by molar-refractivity contribution is 0.669. The largest absolute Gasteiger partial charge is 0.456 e. The van der Waals surface area contributed by atoms with E-state index in [0.29, 0.717) is 17.6 Å². The number of aromatic nitrogens is 4. The van der Waals surface area contributed by atoms with Gasteiger partial charge in [0.05, 0.1) is 11.0 Å². The number of nitrogens with zero attached hydrogens (tertiary/aromatic N) is 4. The topological polar surface area (TPSA) is 56.7 Å². The molecular formula is C45H28N4O. The van der Waals surface area contributed by atoms with Gasteiger partial charge in [0.15, 0.2) is 11.6 Å². The number of hydrogen-bond acceptors (Lipinski definition) is 4. The minimum atomic E-state index is 0.577. The summed E-state index contributed by atoms with van der Waals surface area (Å²) in [6.07, 6.45) is 0. The Labute approximate surface area is 287 Å². The van der Waals surface area contributed by atoms with Crippen LogP contribution in [0.15, 0.2) is 174 Å². The van der Waals surface area contributed by atoms with Gasteiger partial charge in [-0.2, -0.15) is 9.97 Å². The molecule has 0 N–H and O–H groups in total. The van der Waals surface area contributed by atoms with Gasteiger partial charge in [-0.1, -0.05) is 133 Å². The first-order valence-electron chi connectivity index (χ1n) is 16.7. The molecule has 0 fully saturated rings. The third-order valence-electron chi connectivity index (χ3n) is 9.47. The fraction of sp³-hybridized carbons (Fsp3) is 0. The van der Waals surface area contributed by atoms with Crippen LogP contribution in [0.25, 0.3) is 94.7 Å². The molecule has 0 amide bonds. The van der Waals surface area contributed by atoms with E-state index in [4.69, 9.17) is 19.4 Å². The maximum absolute atomic E-state index is 6.39. The van der Waals surface area contributed by atoms with Crippen LogP contribution in [0.3, 0.4) is 0 Å². The van der Waals surface area contributed by atoms with Gasteiger partial charge in [0.2, 0.25) is 5.95 Å². The standard InChI is InChI=1S/C45H28N4O/c1-4-13-29(14-5-1)32-24-26-40-37(27-32)42-34(20-12-22-41(42)50-40)33-23-25-39-36(28-33)35-19-10-11-21-38(35)49(39)45-47-43(30-15-6-2-7-16-30)46-44(48-45)31-17-8-3-9-18-31/h1-28H. The summed E-state index contributed by atoms with van der Waals surface area (Å²) in [5.41, 5.74) is 10.3. The average molecular weight is 641 g/mol. The van der Waals surface area contributed by atoms with Crippen molar-refractivity contribution in [1.29, 1.82) is 0 Å². The van der Waals surface area contributed by atoms with Gasteiger partial charge in [0.25, 0.3) is 0 Å². The van der Waals surface area contributed by atoms with Gasteiger partial charge >= 0.3 is 0 Å². The zero-order valence-corrected chi connectivity index (χ0v) is 26.9. The van der Waals surface area contributed by atoms with Crippen molar-refractivity contribution < 1.29 is 4.42 Å². The van der Waals surface area contributed by atoms with Gasteiger partial charge < -0.3 is 4.42 Å². The lowest BCUT2D eigenvalue weighted by Crippen LogP contribution is -2.06. The molecule has 3 aromatic heterocycles. The quantitative estimate of drug-likeness (QED) is 0.188. The Morgan fingerprint density at radius 2 is 0.980 bits per heavy atom. The molecule has 5 heteroatoms. The van der Waals surface area contributed by atoms with Crippen LogP contribution < -0.4 is 0 Å². The van der Waals surface area contributed by atoms with Crippen LogP contribution in [0.2, 0.25) is 0 Å². The van der Waals surface area contributed by atoms with Crippen LogP contribution in [0.5, 0.6) is 0 Å². The molecule has 0 spiro atoms. The maximum Gasteiger partial charge on any atom is 0.238 e. The summed E-state index contributed by atoms with van der Waals surface area (Å²) in [4.78, 5) is 15.1. The number of fused-ring (bicyclic) bond motifs is 6. The number of para-hydroxylation sites is 1. The summed E-state index contributed by atoms with van der Waals surface area (Å²) < 4.78 is 8.56. The Morgan fingerprint density at radius 1 is 0.380 bits per heavy atom. The lowest BCUT2D eigenvalue weighted by Gasteiger charge is -2.11. The van der Waals surface area contributed by atoms with Gasteiger partial charge in [-0.05, 0) is 58.7 Å². The van der Waals surface area contributed by atoms with E-state index in [1.54, 1.807) is 0 Å². The van der Waals surface area contributed by atoms with Crippen molar-refractivity contribution in [2.24, 2.45) is 0 Å². The van der Waals surface area contributed by atoms with E-state index >= 15 is 0 Å². The molecule has 0 aliphatic carbocycles. The molecule has 0 bridgehead atoms. The van der Waals surface area contributed by atoms with Gasteiger partial charge in [-0.25, -0.2) is 4.98 Å². The number of rotatable bonds is 5. The fourth-order valence-corrected chi connectivity index (χ4v) is 7.13. The van der Waals surface area contributed by atoms with Crippen molar-refractivity contribution in [3.8, 4) is 51.0 Å². The molecule has 234 valence electrons. The predicted molar refractivity (Wildman–Crippen MR) is 203 cm³/mol. The second-order valence-corrected chi connectivity index (χ2v) is 12.5. The normalized spacial score (nSPS) is 11.6. The highest BCUT2D eigenvalue weighted by Crippen LogP contribution is 2.41. The van der Waals surface area contributed by atoms with Gasteiger partial charge in [-0.3, -0.25) is 4.57 Å². The van der Waals surface area contributed by atoms with E-state index in [-0.39, 0.29) is 0 Å². The van der Waals surface area contributed by atoms with Crippen molar-refractivity contribution >= 4 is 43.7 Å². The fourth-order valence-electron chi connectivity index (χ4n) is 7.13. The molecule has 10 rings (SSSR count). The summed E-state index contributed by atoms with van der Waals surface area (Å²) in [5.74, 6) is 1.84. The summed E-state index contributed by atoms with van der Waals surface area (Å²) in [6.45, 7) is 0. The Kier molecular flexibility index (Phi) is 6.42. The number of benzene rings is 7. The highest BCUT2D eigenvalue weighted by Gasteiger charge is 2.20. The molecular weight excluding hydrogens is 613 g/mol. The zero-order valence-electron chi connectivity index (χ0n) is 26.9. The van der Waals surface area contributed by atoms with Crippen molar-refractivity contribution in [1.82, 2.24) is 19.5 Å². The van der Waals surface area contributed by atoms with E-state index in [9.17, 15) is 0 Å². The van der Waals surface area contributed by atoms with Crippen molar-refractivity contribution in [2.75, 3.05) is 0 Å². The first-order chi connectivity index (χ1) is 24.8. The first-order valence-corrected chi connectivity index (χ1v) is 16.7. The Bertz CT molecular complexity index is 2800. The summed E-state index contributed by atoms with van der Waals surface area (Å²) in [5, 5.41) is 4.46. The van der Waals surface area contributed by atoms with Crippen LogP contribution in [0, 0.1) is 0 Å². The lowest BCUT2D eigenvalue weighted by atomic mass is 9.96. The highest BCUT2D eigenvalue weighted by molar-refractivity contribution is 6.15. The third kappa shape index (κ3) is 4.60. The van der Waals surface area contributed by atoms with Crippen LogP contribution in [-0.4, -0.2) is 19.5 Å². The van der Waals surface area contributed by atoms with E-state index < -0.39 is 0 Å². The molecule has 7 aromatic carbocycles. The Balaban J connectivity index is 1.19. The van der Waals surface area contributed by atoms with Crippen LogP contribution in [-0.2, 0) is 0 Å². The summed E-state index contributed by atoms with van der Waals surface area (Å²) >= 11 is 0. The van der Waals surface area contributed by atoms with Crippen molar-refractivity contribution in [3.63, 3.8) is 0 Å². The minimum absolute atomic E-state index is 0.577. The molecule has 50 heavy (non-hydrogen) atoms. The first kappa shape index (κ1) is 28.2. The second kappa shape index (κ2) is 11.4. The van der Waals surface area contributed by atoms with Crippen molar-refractivity contribution in [2.45, 2.75) is 0 Å². The molecule has 10 aromatic rings. The molecule has 3 heterocycles. The Hall–Kier alpha value is -6.85. The monoisotopic (exact) mass is 640 g/mol. The van der Waals surface area contributed by atoms with Gasteiger partial charge in [0.1, 0.15) is 11.2 Å². The molecule has 0 aliphatic rings. The summed E-state index contributed by atoms with van der Waals surface area (Å²) in [7, 11) is 0. The molecule has 0 atom stereocenters. The molecule has 0 saturated heterocycles. The average Bonchev–Trinajstić information content (AvgIpc) is 3.74. The maximum atomic E-state index is 6.39. The minimum Gasteiger partial charge on any atom is -0.456 e.